The first-order valence-corrected chi connectivity index (χ1v) is 12.7. The fourth-order valence-electron chi connectivity index (χ4n) is 4.84. The second-order valence-corrected chi connectivity index (χ2v) is 10.2. The number of epoxide rings is 1. The number of hydrogen-bond donors (Lipinski definition) is 2. The zero-order chi connectivity index (χ0) is 25.6. The lowest BCUT2D eigenvalue weighted by molar-refractivity contribution is -0.133. The molecule has 0 aromatic carbocycles. The normalized spacial score (nSPS) is 38.6. The van der Waals surface area contributed by atoms with Gasteiger partial charge in [-0.05, 0) is 52.0 Å². The highest BCUT2D eigenvalue weighted by Gasteiger charge is 2.57. The summed E-state index contributed by atoms with van der Waals surface area (Å²) in [6, 6.07) is -0.0842. The Bertz CT molecular complexity index is 818. The van der Waals surface area contributed by atoms with E-state index < -0.39 is 17.8 Å². The van der Waals surface area contributed by atoms with Crippen molar-refractivity contribution in [3.05, 3.63) is 36.0 Å². The summed E-state index contributed by atoms with van der Waals surface area (Å²) >= 11 is 0. The van der Waals surface area contributed by atoms with Crippen LogP contribution in [0.2, 0.25) is 0 Å². The quantitative estimate of drug-likeness (QED) is 0.209. The van der Waals surface area contributed by atoms with Gasteiger partial charge in [-0.1, -0.05) is 37.6 Å². The number of aliphatic hydroxyl groups excluding tert-OH is 1. The van der Waals surface area contributed by atoms with Gasteiger partial charge in [-0.15, -0.1) is 0 Å². The number of carbonyl (C=O) groups is 2. The van der Waals surface area contributed by atoms with Crippen molar-refractivity contribution in [3.63, 3.8) is 0 Å². The lowest BCUT2D eigenvalue weighted by atomic mass is 9.87. The van der Waals surface area contributed by atoms with E-state index in [9.17, 15) is 14.7 Å². The van der Waals surface area contributed by atoms with E-state index in [1.165, 1.54) is 6.08 Å². The standard InChI is InChI=1S/C27H41NO7/c1-6-21-14-27(15-33-27)26(31)24(35-21)11-8-17(2)7-10-23-18(3)13-22(20(5)34-23)28-25(30)12-9-19(4)32-16-29/h7-9,11-12,16,18-24,26,31H,6,10,13-15H2,1-5H3,(H,28,30)/b11-8+,12-9-,17-7+/t18?,19?,20?,21-,22?,23+,24?,26-,27?/m1/s1. The largest absolute Gasteiger partial charge is 0.461 e. The minimum Gasteiger partial charge on any atom is -0.461 e. The van der Waals surface area contributed by atoms with Crippen LogP contribution in [-0.2, 0) is 28.5 Å². The van der Waals surface area contributed by atoms with Gasteiger partial charge < -0.3 is 29.4 Å². The van der Waals surface area contributed by atoms with Crippen molar-refractivity contribution < 1.29 is 33.6 Å². The number of amides is 1. The van der Waals surface area contributed by atoms with Crippen LogP contribution < -0.4 is 5.32 Å². The summed E-state index contributed by atoms with van der Waals surface area (Å²) in [6.07, 6.45) is 10.9. The second kappa shape index (κ2) is 12.3. The van der Waals surface area contributed by atoms with Gasteiger partial charge in [0.15, 0.2) is 0 Å². The van der Waals surface area contributed by atoms with Crippen molar-refractivity contribution in [2.45, 2.75) is 109 Å². The van der Waals surface area contributed by atoms with Gasteiger partial charge in [-0.3, -0.25) is 9.59 Å². The molecule has 1 spiro atoms. The van der Waals surface area contributed by atoms with E-state index in [0.29, 0.717) is 13.1 Å². The molecular formula is C27H41NO7. The van der Waals surface area contributed by atoms with Gasteiger partial charge in [0.2, 0.25) is 5.91 Å². The topological polar surface area (TPSA) is 107 Å². The van der Waals surface area contributed by atoms with Crippen LogP contribution in [0, 0.1) is 5.92 Å². The molecule has 3 aliphatic heterocycles. The number of nitrogens with one attached hydrogen (secondary N) is 1. The highest BCUT2D eigenvalue weighted by atomic mass is 16.6. The Labute approximate surface area is 208 Å². The molecule has 35 heavy (non-hydrogen) atoms. The Balaban J connectivity index is 1.48. The summed E-state index contributed by atoms with van der Waals surface area (Å²) in [5, 5.41) is 13.7. The maximum atomic E-state index is 12.2. The first kappa shape index (κ1) is 27.6. The van der Waals surface area contributed by atoms with Gasteiger partial charge in [0.05, 0.1) is 31.0 Å². The monoisotopic (exact) mass is 491 g/mol. The van der Waals surface area contributed by atoms with Gasteiger partial charge in [0.1, 0.15) is 23.9 Å². The fourth-order valence-corrected chi connectivity index (χ4v) is 4.84. The summed E-state index contributed by atoms with van der Waals surface area (Å²) in [4.78, 5) is 22.6. The average molecular weight is 492 g/mol. The molecule has 0 saturated carbocycles. The molecule has 0 aromatic heterocycles. The van der Waals surface area contributed by atoms with Crippen molar-refractivity contribution in [1.82, 2.24) is 5.32 Å². The zero-order valence-electron chi connectivity index (χ0n) is 21.5. The van der Waals surface area contributed by atoms with Crippen LogP contribution in [0.25, 0.3) is 0 Å². The molecule has 1 amide bonds. The van der Waals surface area contributed by atoms with Gasteiger partial charge in [0.25, 0.3) is 6.47 Å². The van der Waals surface area contributed by atoms with Crippen molar-refractivity contribution in [2.75, 3.05) is 6.61 Å². The molecule has 0 aliphatic carbocycles. The molecule has 3 saturated heterocycles. The van der Waals surface area contributed by atoms with E-state index in [4.69, 9.17) is 18.9 Å². The molecule has 0 radical (unpaired) electrons. The number of carbonyl (C=O) groups excluding carboxylic acids is 2. The smallest absolute Gasteiger partial charge is 0.293 e. The van der Waals surface area contributed by atoms with E-state index in [2.05, 4.69) is 25.2 Å². The molecule has 3 aliphatic rings. The van der Waals surface area contributed by atoms with Gasteiger partial charge >= 0.3 is 0 Å². The molecule has 3 fully saturated rings. The van der Waals surface area contributed by atoms with Crippen molar-refractivity contribution in [1.29, 1.82) is 0 Å². The maximum absolute atomic E-state index is 12.2. The van der Waals surface area contributed by atoms with Crippen LogP contribution in [0.1, 0.15) is 60.3 Å². The number of aliphatic hydroxyl groups is 1. The number of ether oxygens (including phenoxy) is 4. The summed E-state index contributed by atoms with van der Waals surface area (Å²) in [6.45, 7) is 10.9. The zero-order valence-corrected chi connectivity index (χ0v) is 21.5. The Morgan fingerprint density at radius 3 is 2.69 bits per heavy atom. The molecular weight excluding hydrogens is 450 g/mol. The van der Waals surface area contributed by atoms with Crippen LogP contribution in [0.3, 0.4) is 0 Å². The Kier molecular flexibility index (Phi) is 9.69. The SMILES string of the molecule is CC[C@@H]1CC2(CO2)[C@H](O)C(/C=C/C(C)=C/C[C@@H]2OC(C)C(NC(=O)/C=C\C(C)OC=O)CC2C)O1. The summed E-state index contributed by atoms with van der Waals surface area (Å²) in [7, 11) is 0. The molecule has 196 valence electrons. The van der Waals surface area contributed by atoms with Gasteiger partial charge in [0, 0.05) is 12.5 Å². The molecule has 8 nitrogen and oxygen atoms in total. The van der Waals surface area contributed by atoms with E-state index >= 15 is 0 Å². The van der Waals surface area contributed by atoms with E-state index in [-0.39, 0.29) is 42.3 Å². The van der Waals surface area contributed by atoms with Crippen LogP contribution in [0.5, 0.6) is 0 Å². The Hall–Kier alpha value is -2.00. The van der Waals surface area contributed by atoms with Crippen LogP contribution >= 0.6 is 0 Å². The lowest BCUT2D eigenvalue weighted by Crippen LogP contribution is -2.50. The van der Waals surface area contributed by atoms with Crippen LogP contribution in [-0.4, -0.2) is 72.4 Å². The van der Waals surface area contributed by atoms with Crippen molar-refractivity contribution in [3.8, 4) is 0 Å². The number of hydrogen-bond acceptors (Lipinski definition) is 7. The fraction of sp³-hybridized carbons (Fsp3) is 0.704. The average Bonchev–Trinajstić information content (AvgIpc) is 3.60. The molecule has 9 atom stereocenters. The number of rotatable bonds is 10. The third kappa shape index (κ3) is 7.49. The first-order valence-electron chi connectivity index (χ1n) is 12.7. The molecule has 0 bridgehead atoms. The predicted molar refractivity (Wildman–Crippen MR) is 132 cm³/mol. The maximum Gasteiger partial charge on any atom is 0.293 e. The van der Waals surface area contributed by atoms with Crippen LogP contribution in [0.4, 0.5) is 0 Å². The van der Waals surface area contributed by atoms with Crippen molar-refractivity contribution in [2.24, 2.45) is 5.92 Å². The van der Waals surface area contributed by atoms with E-state index in [0.717, 1.165) is 31.3 Å². The Morgan fingerprint density at radius 2 is 2.03 bits per heavy atom. The molecule has 6 unspecified atom stereocenters. The highest BCUT2D eigenvalue weighted by molar-refractivity contribution is 5.87. The van der Waals surface area contributed by atoms with Crippen LogP contribution in [0.15, 0.2) is 36.0 Å². The molecule has 2 N–H and O–H groups in total. The predicted octanol–water partition coefficient (Wildman–Crippen LogP) is 2.99. The molecule has 0 aromatic rings. The molecule has 3 heterocycles. The second-order valence-electron chi connectivity index (χ2n) is 10.2. The minimum absolute atomic E-state index is 0.0576. The van der Waals surface area contributed by atoms with E-state index in [1.54, 1.807) is 13.0 Å². The summed E-state index contributed by atoms with van der Waals surface area (Å²) < 4.78 is 22.6. The summed E-state index contributed by atoms with van der Waals surface area (Å²) in [5.41, 5.74) is 0.664. The van der Waals surface area contributed by atoms with Crippen molar-refractivity contribution >= 4 is 12.4 Å². The number of allylic oxidation sites excluding steroid dienone is 2. The van der Waals surface area contributed by atoms with E-state index in [1.807, 2.05) is 26.0 Å². The lowest BCUT2D eigenvalue weighted by Gasteiger charge is -2.39. The van der Waals surface area contributed by atoms with Gasteiger partial charge in [-0.2, -0.15) is 0 Å². The third-order valence-electron chi connectivity index (χ3n) is 7.30. The third-order valence-corrected chi connectivity index (χ3v) is 7.30. The highest BCUT2D eigenvalue weighted by Crippen LogP contribution is 2.43. The Morgan fingerprint density at radius 1 is 1.29 bits per heavy atom. The summed E-state index contributed by atoms with van der Waals surface area (Å²) in [5.74, 6) is 0.0423. The first-order chi connectivity index (χ1) is 16.7. The molecule has 3 rings (SSSR count). The molecule has 8 heteroatoms. The minimum atomic E-state index is -0.639. The van der Waals surface area contributed by atoms with Gasteiger partial charge in [-0.25, -0.2) is 0 Å².